The van der Waals surface area contributed by atoms with E-state index in [2.05, 4.69) is 25.9 Å². The van der Waals surface area contributed by atoms with Crippen LogP contribution in [-0.2, 0) is 0 Å². The molecule has 0 spiro atoms. The number of para-hydroxylation sites is 1. The van der Waals surface area contributed by atoms with E-state index < -0.39 is 5.91 Å². The molecule has 0 fully saturated rings. The Labute approximate surface area is 188 Å². The summed E-state index contributed by atoms with van der Waals surface area (Å²) in [6, 6.07) is 15.2. The number of aromatic nitrogens is 5. The van der Waals surface area contributed by atoms with E-state index in [1.54, 1.807) is 7.11 Å². The normalized spacial score (nSPS) is 10.4. The zero-order chi connectivity index (χ0) is 19.5. The Morgan fingerprint density at radius 2 is 2.00 bits per heavy atom. The molecule has 9 nitrogen and oxygen atoms in total. The number of benzene rings is 2. The van der Waals surface area contributed by atoms with Gasteiger partial charge < -0.3 is 14.0 Å². The van der Waals surface area contributed by atoms with Crippen molar-refractivity contribution < 1.29 is 14.3 Å². The molecule has 0 bridgehead atoms. The van der Waals surface area contributed by atoms with Crippen molar-refractivity contribution >= 4 is 52.3 Å². The first kappa shape index (κ1) is 20.8. The van der Waals surface area contributed by atoms with Crippen molar-refractivity contribution in [2.45, 2.75) is 6.92 Å². The maximum Gasteiger partial charge on any atom is 0.278 e. The Balaban J connectivity index is 0.00000240. The van der Waals surface area contributed by atoms with Crippen LogP contribution in [0.1, 0.15) is 17.4 Å². The molecule has 0 saturated heterocycles. The van der Waals surface area contributed by atoms with Gasteiger partial charge in [0, 0.05) is 40.6 Å². The fraction of sp³-hybridized carbons (Fsp3) is 0.158. The number of tetrazole rings is 1. The van der Waals surface area contributed by atoms with Gasteiger partial charge in [0.15, 0.2) is 11.4 Å². The fourth-order valence-electron chi connectivity index (χ4n) is 3.09. The summed E-state index contributed by atoms with van der Waals surface area (Å²) in [5.41, 5.74) is 1.98. The van der Waals surface area contributed by atoms with Gasteiger partial charge in [-0.3, -0.25) is 10.1 Å². The average molecular weight is 401 g/mol. The predicted molar refractivity (Wildman–Crippen MR) is 109 cm³/mol. The van der Waals surface area contributed by atoms with Gasteiger partial charge in [-0.2, -0.15) is 0 Å². The molecule has 143 valence electrons. The number of hydrogen-bond donors (Lipinski definition) is 2. The minimum Gasteiger partial charge on any atom is -0.497 e. The summed E-state index contributed by atoms with van der Waals surface area (Å²) in [6.45, 7) is 2.27. The van der Waals surface area contributed by atoms with Crippen LogP contribution in [0.25, 0.3) is 16.6 Å². The molecule has 0 aliphatic rings. The van der Waals surface area contributed by atoms with Crippen LogP contribution in [0.3, 0.4) is 0 Å². The van der Waals surface area contributed by atoms with Gasteiger partial charge in [0.25, 0.3) is 5.91 Å². The minimum absolute atomic E-state index is 0. The maximum absolute atomic E-state index is 13.2. The second kappa shape index (κ2) is 9.08. The number of rotatable bonds is 6. The van der Waals surface area contributed by atoms with Crippen molar-refractivity contribution in [1.82, 2.24) is 25.2 Å². The third kappa shape index (κ3) is 3.98. The number of anilines is 1. The monoisotopic (exact) mass is 401 g/mol. The molecule has 0 saturated carbocycles. The summed E-state index contributed by atoms with van der Waals surface area (Å²) in [5.74, 6) is 0.881. The van der Waals surface area contributed by atoms with Crippen molar-refractivity contribution in [2.24, 2.45) is 0 Å². The van der Waals surface area contributed by atoms with Gasteiger partial charge in [-0.05, 0) is 47.7 Å². The first-order chi connectivity index (χ1) is 13.7. The smallest absolute Gasteiger partial charge is 0.278 e. The van der Waals surface area contributed by atoms with Crippen LogP contribution in [0.2, 0.25) is 0 Å². The van der Waals surface area contributed by atoms with Gasteiger partial charge in [-0.1, -0.05) is 23.3 Å². The molecule has 2 aromatic heterocycles. The molecule has 2 heterocycles. The number of H-pyrrole nitrogens is 1. The number of amides is 1. The van der Waals surface area contributed by atoms with Crippen LogP contribution < -0.4 is 14.8 Å². The van der Waals surface area contributed by atoms with E-state index in [1.165, 1.54) is 0 Å². The van der Waals surface area contributed by atoms with Gasteiger partial charge in [0.05, 0.1) is 19.2 Å². The fourth-order valence-corrected chi connectivity index (χ4v) is 3.09. The zero-order valence-corrected chi connectivity index (χ0v) is 18.3. The Bertz CT molecular complexity index is 1110. The third-order valence-corrected chi connectivity index (χ3v) is 4.22. The molecule has 0 atom stereocenters. The number of nitrogens with one attached hydrogen (secondary N) is 2. The first-order valence-corrected chi connectivity index (χ1v) is 8.68. The molecular formula is C19H18N6NaO3. The SMILES string of the molecule is CCOc1c(C(=O)Nc2nnn[nH]2)n(-c2ccccc2)c2ccc(OC)cc12.[Na]. The second-order valence-corrected chi connectivity index (χ2v) is 5.87. The van der Waals surface area contributed by atoms with Crippen LogP contribution >= 0.6 is 0 Å². The number of aromatic amines is 1. The Hall–Kier alpha value is -2.88. The summed E-state index contributed by atoms with van der Waals surface area (Å²) in [6.07, 6.45) is 0. The molecule has 2 aromatic carbocycles. The van der Waals surface area contributed by atoms with Gasteiger partial charge in [-0.15, -0.1) is 0 Å². The van der Waals surface area contributed by atoms with Crippen molar-refractivity contribution in [3.63, 3.8) is 0 Å². The molecule has 4 aromatic rings. The van der Waals surface area contributed by atoms with Gasteiger partial charge >= 0.3 is 0 Å². The molecule has 10 heteroatoms. The number of hydrogen-bond acceptors (Lipinski definition) is 6. The average Bonchev–Trinajstić information content (AvgIpc) is 3.34. The molecule has 1 radical (unpaired) electrons. The number of carbonyl (C=O) groups is 1. The van der Waals surface area contributed by atoms with Gasteiger partial charge in [-0.25, -0.2) is 5.10 Å². The van der Waals surface area contributed by atoms with Crippen LogP contribution in [0.5, 0.6) is 11.5 Å². The standard InChI is InChI=1S/C19H18N6O3.Na/c1-3-28-17-14-11-13(27-2)9-10-15(14)25(12-7-5-4-6-8-12)16(17)18(26)20-19-21-23-24-22-19;/h4-11H,3H2,1-2H3,(H2,20,21,22,23,24,26);. The molecule has 29 heavy (non-hydrogen) atoms. The van der Waals surface area contributed by atoms with E-state index in [0.29, 0.717) is 23.8 Å². The van der Waals surface area contributed by atoms with Crippen LogP contribution in [-0.4, -0.2) is 74.4 Å². The van der Waals surface area contributed by atoms with Crippen molar-refractivity contribution in [3.8, 4) is 17.2 Å². The number of fused-ring (bicyclic) bond motifs is 1. The Morgan fingerprint density at radius 1 is 1.21 bits per heavy atom. The topological polar surface area (TPSA) is 107 Å². The quantitative estimate of drug-likeness (QED) is 0.481. The Kier molecular flexibility index (Phi) is 6.53. The molecular weight excluding hydrogens is 383 g/mol. The summed E-state index contributed by atoms with van der Waals surface area (Å²) in [5, 5.41) is 16.7. The van der Waals surface area contributed by atoms with Gasteiger partial charge in [0.1, 0.15) is 5.75 Å². The van der Waals surface area contributed by atoms with Crippen LogP contribution in [0.15, 0.2) is 48.5 Å². The summed E-state index contributed by atoms with van der Waals surface area (Å²) in [7, 11) is 1.60. The molecule has 1 amide bonds. The Morgan fingerprint density at radius 3 is 2.66 bits per heavy atom. The zero-order valence-electron chi connectivity index (χ0n) is 16.3. The number of carbonyl (C=O) groups excluding carboxylic acids is 1. The van der Waals surface area contributed by atoms with Crippen molar-refractivity contribution in [2.75, 3.05) is 19.0 Å². The van der Waals surface area contributed by atoms with Crippen molar-refractivity contribution in [3.05, 3.63) is 54.2 Å². The van der Waals surface area contributed by atoms with E-state index in [4.69, 9.17) is 9.47 Å². The summed E-state index contributed by atoms with van der Waals surface area (Å²) in [4.78, 5) is 13.2. The largest absolute Gasteiger partial charge is 0.497 e. The second-order valence-electron chi connectivity index (χ2n) is 5.87. The third-order valence-electron chi connectivity index (χ3n) is 4.22. The van der Waals surface area contributed by atoms with E-state index in [9.17, 15) is 4.79 Å². The maximum atomic E-state index is 13.2. The number of methoxy groups -OCH3 is 1. The van der Waals surface area contributed by atoms with Crippen molar-refractivity contribution in [1.29, 1.82) is 0 Å². The first-order valence-electron chi connectivity index (χ1n) is 8.68. The minimum atomic E-state index is -0.402. The van der Waals surface area contributed by atoms with E-state index in [0.717, 1.165) is 16.6 Å². The molecule has 0 aliphatic heterocycles. The molecule has 0 aliphatic carbocycles. The summed E-state index contributed by atoms with van der Waals surface area (Å²) < 4.78 is 13.1. The molecule has 4 rings (SSSR count). The van der Waals surface area contributed by atoms with Gasteiger partial charge in [0.2, 0.25) is 5.95 Å². The van der Waals surface area contributed by atoms with Crippen LogP contribution in [0.4, 0.5) is 5.95 Å². The van der Waals surface area contributed by atoms with E-state index in [1.807, 2.05) is 60.0 Å². The molecule has 0 unspecified atom stereocenters. The molecule has 2 N–H and O–H groups in total. The predicted octanol–water partition coefficient (Wildman–Crippen LogP) is 2.42. The number of nitrogens with zero attached hydrogens (tertiary/aromatic N) is 4. The van der Waals surface area contributed by atoms with E-state index >= 15 is 0 Å². The van der Waals surface area contributed by atoms with Crippen LogP contribution in [0, 0.1) is 0 Å². The summed E-state index contributed by atoms with van der Waals surface area (Å²) >= 11 is 0. The number of ether oxygens (including phenoxy) is 2. The van der Waals surface area contributed by atoms with E-state index in [-0.39, 0.29) is 35.5 Å².